The molecule has 0 saturated carbocycles. The Morgan fingerprint density at radius 3 is 2.75 bits per heavy atom. The second-order valence-electron chi connectivity index (χ2n) is 6.23. The molecule has 24 heavy (non-hydrogen) atoms. The van der Waals surface area contributed by atoms with E-state index < -0.39 is 4.92 Å². The molecule has 8 heteroatoms. The summed E-state index contributed by atoms with van der Waals surface area (Å²) in [6.07, 6.45) is 0.842. The van der Waals surface area contributed by atoms with Crippen LogP contribution in [0.1, 0.15) is 20.3 Å². The molecule has 7 nitrogen and oxygen atoms in total. The third kappa shape index (κ3) is 5.07. The first-order valence-corrected chi connectivity index (χ1v) is 8.45. The Labute approximate surface area is 146 Å². The summed E-state index contributed by atoms with van der Waals surface area (Å²) in [5.74, 6) is 0.0101. The fraction of sp³-hybridized carbons (Fsp3) is 0.562. The van der Waals surface area contributed by atoms with E-state index in [0.29, 0.717) is 36.9 Å². The van der Waals surface area contributed by atoms with Crippen LogP contribution in [0.2, 0.25) is 5.02 Å². The van der Waals surface area contributed by atoms with E-state index in [-0.39, 0.29) is 17.6 Å². The van der Waals surface area contributed by atoms with Gasteiger partial charge in [0.2, 0.25) is 5.91 Å². The second kappa shape index (κ2) is 8.30. The number of hydrogen-bond donors (Lipinski definition) is 1. The Morgan fingerprint density at radius 2 is 2.08 bits per heavy atom. The first-order chi connectivity index (χ1) is 11.4. The van der Waals surface area contributed by atoms with Crippen molar-refractivity contribution in [3.8, 4) is 0 Å². The highest BCUT2D eigenvalue weighted by molar-refractivity contribution is 6.30. The highest BCUT2D eigenvalue weighted by Gasteiger charge is 2.23. The molecular weight excluding hydrogens is 332 g/mol. The molecule has 0 spiro atoms. The van der Waals surface area contributed by atoms with Crippen molar-refractivity contribution in [2.45, 2.75) is 26.3 Å². The van der Waals surface area contributed by atoms with Gasteiger partial charge >= 0.3 is 0 Å². The number of nitrogens with one attached hydrogen (secondary N) is 1. The Bertz CT molecular complexity index is 609. The van der Waals surface area contributed by atoms with E-state index in [9.17, 15) is 14.9 Å². The predicted octanol–water partition coefficient (Wildman–Crippen LogP) is 2.28. The zero-order chi connectivity index (χ0) is 17.7. The van der Waals surface area contributed by atoms with Crippen molar-refractivity contribution in [3.63, 3.8) is 0 Å². The van der Waals surface area contributed by atoms with Gasteiger partial charge in [-0.05, 0) is 32.4 Å². The Morgan fingerprint density at radius 1 is 1.33 bits per heavy atom. The number of benzene rings is 1. The van der Waals surface area contributed by atoms with Crippen LogP contribution < -0.4 is 10.2 Å². The van der Waals surface area contributed by atoms with Crippen molar-refractivity contribution < 1.29 is 9.72 Å². The lowest BCUT2D eigenvalue weighted by atomic mass is 10.2. The van der Waals surface area contributed by atoms with Gasteiger partial charge in [-0.2, -0.15) is 0 Å². The molecule has 1 fully saturated rings. The van der Waals surface area contributed by atoms with Crippen molar-refractivity contribution in [1.82, 2.24) is 10.2 Å². The molecule has 1 aromatic rings. The summed E-state index contributed by atoms with van der Waals surface area (Å²) in [6, 6.07) is 4.87. The van der Waals surface area contributed by atoms with E-state index in [1.807, 2.05) is 18.7 Å². The van der Waals surface area contributed by atoms with Crippen LogP contribution in [0.25, 0.3) is 0 Å². The number of rotatable bonds is 5. The van der Waals surface area contributed by atoms with Gasteiger partial charge in [0.25, 0.3) is 5.69 Å². The zero-order valence-electron chi connectivity index (χ0n) is 14.0. The number of halogens is 1. The highest BCUT2D eigenvalue weighted by atomic mass is 35.5. The molecule has 0 radical (unpaired) electrons. The minimum atomic E-state index is -0.403. The zero-order valence-corrected chi connectivity index (χ0v) is 14.8. The van der Waals surface area contributed by atoms with Gasteiger partial charge < -0.3 is 10.2 Å². The summed E-state index contributed by atoms with van der Waals surface area (Å²) < 4.78 is 0. The van der Waals surface area contributed by atoms with Gasteiger partial charge in [-0.25, -0.2) is 0 Å². The fourth-order valence-corrected chi connectivity index (χ4v) is 3.02. The number of nitro groups is 1. The lowest BCUT2D eigenvalue weighted by molar-refractivity contribution is -0.384. The van der Waals surface area contributed by atoms with Gasteiger partial charge in [0.05, 0.1) is 11.5 Å². The van der Waals surface area contributed by atoms with E-state index in [0.717, 1.165) is 13.0 Å². The van der Waals surface area contributed by atoms with Crippen molar-refractivity contribution in [2.75, 3.05) is 37.6 Å². The molecule has 0 aliphatic carbocycles. The van der Waals surface area contributed by atoms with Crippen LogP contribution in [0.4, 0.5) is 11.4 Å². The van der Waals surface area contributed by atoms with Crippen molar-refractivity contribution in [3.05, 3.63) is 33.3 Å². The van der Waals surface area contributed by atoms with Gasteiger partial charge in [0, 0.05) is 43.3 Å². The minimum absolute atomic E-state index is 0.0101. The molecule has 0 aromatic heterocycles. The number of carbonyl (C=O) groups is 1. The van der Waals surface area contributed by atoms with Crippen LogP contribution in [0.5, 0.6) is 0 Å². The molecule has 132 valence electrons. The summed E-state index contributed by atoms with van der Waals surface area (Å²) in [7, 11) is 0. The van der Waals surface area contributed by atoms with Gasteiger partial charge in [0.1, 0.15) is 5.69 Å². The normalized spacial score (nSPS) is 16.1. The molecular formula is C16H23ClN4O3. The molecule has 0 atom stereocenters. The van der Waals surface area contributed by atoms with Crippen LogP contribution in [0.3, 0.4) is 0 Å². The molecule has 0 unspecified atom stereocenters. The number of hydrogen-bond acceptors (Lipinski definition) is 5. The van der Waals surface area contributed by atoms with Crippen LogP contribution >= 0.6 is 11.6 Å². The van der Waals surface area contributed by atoms with Crippen LogP contribution in [0.15, 0.2) is 18.2 Å². The van der Waals surface area contributed by atoms with E-state index in [1.165, 1.54) is 6.07 Å². The Balaban J connectivity index is 2.03. The van der Waals surface area contributed by atoms with E-state index >= 15 is 0 Å². The largest absolute Gasteiger partial charge is 0.365 e. The maximum atomic E-state index is 11.9. The monoisotopic (exact) mass is 354 g/mol. The van der Waals surface area contributed by atoms with E-state index in [1.54, 1.807) is 12.1 Å². The van der Waals surface area contributed by atoms with Gasteiger partial charge in [-0.1, -0.05) is 11.6 Å². The predicted molar refractivity (Wildman–Crippen MR) is 94.7 cm³/mol. The molecule has 0 bridgehead atoms. The van der Waals surface area contributed by atoms with Crippen LogP contribution in [-0.2, 0) is 4.79 Å². The topological polar surface area (TPSA) is 78.7 Å². The first-order valence-electron chi connectivity index (χ1n) is 8.07. The van der Waals surface area contributed by atoms with E-state index in [4.69, 9.17) is 11.6 Å². The second-order valence-corrected chi connectivity index (χ2v) is 6.67. The molecule has 1 aliphatic rings. The molecule has 1 aromatic carbocycles. The van der Waals surface area contributed by atoms with Crippen molar-refractivity contribution in [2.24, 2.45) is 0 Å². The quantitative estimate of drug-likeness (QED) is 0.648. The van der Waals surface area contributed by atoms with Gasteiger partial charge in [-0.15, -0.1) is 0 Å². The average molecular weight is 355 g/mol. The third-order valence-electron chi connectivity index (χ3n) is 3.88. The first kappa shape index (κ1) is 18.5. The Hall–Kier alpha value is -1.86. The average Bonchev–Trinajstić information content (AvgIpc) is 2.71. The van der Waals surface area contributed by atoms with Crippen LogP contribution in [-0.4, -0.2) is 54.5 Å². The van der Waals surface area contributed by atoms with Gasteiger partial charge in [-0.3, -0.25) is 19.8 Å². The maximum absolute atomic E-state index is 11.9. The maximum Gasteiger partial charge on any atom is 0.294 e. The summed E-state index contributed by atoms with van der Waals surface area (Å²) in [5, 5.41) is 14.5. The molecule has 1 saturated heterocycles. The highest BCUT2D eigenvalue weighted by Crippen LogP contribution is 2.31. The smallest absolute Gasteiger partial charge is 0.294 e. The number of nitro benzene ring substituents is 1. The number of nitrogens with zero attached hydrogens (tertiary/aromatic N) is 3. The SMILES string of the molecule is CC(C)NC(=O)CN1CCCN(c2ccc(Cl)cc2[N+](=O)[O-])CC1. The minimum Gasteiger partial charge on any atom is -0.365 e. The molecule has 1 N–H and O–H groups in total. The summed E-state index contributed by atoms with van der Waals surface area (Å²) >= 11 is 5.88. The fourth-order valence-electron chi connectivity index (χ4n) is 2.85. The summed E-state index contributed by atoms with van der Waals surface area (Å²) in [6.45, 7) is 7.05. The number of carbonyl (C=O) groups excluding carboxylic acids is 1. The van der Waals surface area contributed by atoms with Crippen molar-refractivity contribution in [1.29, 1.82) is 0 Å². The summed E-state index contributed by atoms with van der Waals surface area (Å²) in [4.78, 5) is 26.8. The molecule has 1 aliphatic heterocycles. The standard InChI is InChI=1S/C16H23ClN4O3/c1-12(2)18-16(22)11-19-6-3-7-20(9-8-19)14-5-4-13(17)10-15(14)21(23)24/h4-5,10,12H,3,6-9,11H2,1-2H3,(H,18,22). The van der Waals surface area contributed by atoms with E-state index in [2.05, 4.69) is 10.2 Å². The van der Waals surface area contributed by atoms with Crippen LogP contribution in [0, 0.1) is 10.1 Å². The molecule has 2 rings (SSSR count). The van der Waals surface area contributed by atoms with Crippen molar-refractivity contribution >= 4 is 28.9 Å². The number of amides is 1. The molecule has 1 amide bonds. The lowest BCUT2D eigenvalue weighted by Crippen LogP contribution is -2.41. The molecule has 1 heterocycles. The van der Waals surface area contributed by atoms with Gasteiger partial charge in [0.15, 0.2) is 0 Å². The summed E-state index contributed by atoms with van der Waals surface area (Å²) in [5.41, 5.74) is 0.603. The lowest BCUT2D eigenvalue weighted by Gasteiger charge is -2.23. The third-order valence-corrected chi connectivity index (χ3v) is 4.12. The number of anilines is 1. The Kier molecular flexibility index (Phi) is 6.39.